The summed E-state index contributed by atoms with van der Waals surface area (Å²) >= 11 is 5.93. The molecule has 0 saturated heterocycles. The number of carbonyl (C=O) groups is 1. The third-order valence-electron chi connectivity index (χ3n) is 2.26. The number of oxime groups is 1. The molecule has 7 heteroatoms. The zero-order valence-corrected chi connectivity index (χ0v) is 11.4. The van der Waals surface area contributed by atoms with Gasteiger partial charge in [0.05, 0.1) is 6.21 Å². The fraction of sp³-hybridized carbons (Fsp3) is 0.154. The topological polar surface area (TPSA) is 76.7 Å². The fourth-order valence-corrected chi connectivity index (χ4v) is 1.56. The number of nitrogens with one attached hydrogen (secondary N) is 1. The van der Waals surface area contributed by atoms with Crippen molar-refractivity contribution in [2.24, 2.45) is 5.16 Å². The number of amides is 1. The Balaban J connectivity index is 1.78. The standard InChI is InChI=1S/C13H12ClN3O3/c1-9-6-12(17-20-9)16-13(18)8-19-15-7-10-4-2-3-5-11(10)14/h2-7H,8H2,1H3,(H,16,17,18)/b15-7-. The van der Waals surface area contributed by atoms with Crippen molar-refractivity contribution in [3.8, 4) is 0 Å². The lowest BCUT2D eigenvalue weighted by Gasteiger charge is -2.00. The first kappa shape index (κ1) is 14.1. The number of aryl methyl sites for hydroxylation is 1. The molecule has 0 spiro atoms. The summed E-state index contributed by atoms with van der Waals surface area (Å²) in [6.07, 6.45) is 1.44. The Bertz CT molecular complexity index is 625. The minimum absolute atomic E-state index is 0.229. The molecule has 0 atom stereocenters. The molecule has 2 aromatic rings. The van der Waals surface area contributed by atoms with Gasteiger partial charge in [-0.25, -0.2) is 0 Å². The van der Waals surface area contributed by atoms with Crippen LogP contribution in [0.3, 0.4) is 0 Å². The van der Waals surface area contributed by atoms with Crippen LogP contribution in [0, 0.1) is 6.92 Å². The maximum atomic E-state index is 11.5. The van der Waals surface area contributed by atoms with Crippen LogP contribution in [0.15, 0.2) is 40.0 Å². The van der Waals surface area contributed by atoms with Gasteiger partial charge in [0.2, 0.25) is 0 Å². The molecule has 0 saturated carbocycles. The van der Waals surface area contributed by atoms with Crippen LogP contribution in [0.4, 0.5) is 5.82 Å². The van der Waals surface area contributed by atoms with E-state index in [4.69, 9.17) is 21.0 Å². The monoisotopic (exact) mass is 293 g/mol. The Morgan fingerprint density at radius 1 is 1.55 bits per heavy atom. The summed E-state index contributed by atoms with van der Waals surface area (Å²) < 4.78 is 4.81. The van der Waals surface area contributed by atoms with Crippen molar-refractivity contribution in [1.29, 1.82) is 0 Å². The molecule has 104 valence electrons. The Hall–Kier alpha value is -2.34. The lowest BCUT2D eigenvalue weighted by Crippen LogP contribution is -2.17. The van der Waals surface area contributed by atoms with Crippen molar-refractivity contribution >= 4 is 29.5 Å². The number of rotatable bonds is 5. The minimum Gasteiger partial charge on any atom is -0.386 e. The lowest BCUT2D eigenvalue weighted by atomic mass is 10.2. The van der Waals surface area contributed by atoms with Crippen LogP contribution in [0.2, 0.25) is 5.02 Å². The number of halogens is 1. The average molecular weight is 294 g/mol. The van der Waals surface area contributed by atoms with Gasteiger partial charge in [0, 0.05) is 16.7 Å². The summed E-state index contributed by atoms with van der Waals surface area (Å²) in [4.78, 5) is 16.4. The second-order valence-corrected chi connectivity index (χ2v) is 4.31. The van der Waals surface area contributed by atoms with Crippen molar-refractivity contribution < 1.29 is 14.2 Å². The van der Waals surface area contributed by atoms with Crippen molar-refractivity contribution in [3.05, 3.63) is 46.7 Å². The number of anilines is 1. The minimum atomic E-state index is -0.380. The highest BCUT2D eigenvalue weighted by atomic mass is 35.5. The Kier molecular flexibility index (Phi) is 4.73. The summed E-state index contributed by atoms with van der Waals surface area (Å²) in [5, 5.41) is 10.4. The first-order valence-electron chi connectivity index (χ1n) is 5.78. The number of aromatic nitrogens is 1. The van der Waals surface area contributed by atoms with E-state index < -0.39 is 0 Å². The van der Waals surface area contributed by atoms with E-state index in [1.165, 1.54) is 6.21 Å². The first-order chi connectivity index (χ1) is 9.65. The molecule has 6 nitrogen and oxygen atoms in total. The van der Waals surface area contributed by atoms with E-state index in [2.05, 4.69) is 15.6 Å². The molecule has 1 aromatic heterocycles. The summed E-state index contributed by atoms with van der Waals surface area (Å²) in [7, 11) is 0. The molecule has 2 rings (SSSR count). The molecule has 1 N–H and O–H groups in total. The number of carbonyl (C=O) groups excluding carboxylic acids is 1. The van der Waals surface area contributed by atoms with Crippen LogP contribution in [0.25, 0.3) is 0 Å². The predicted octanol–water partition coefficient (Wildman–Crippen LogP) is 2.63. The van der Waals surface area contributed by atoms with E-state index in [0.717, 1.165) is 0 Å². The van der Waals surface area contributed by atoms with Crippen LogP contribution < -0.4 is 5.32 Å². The highest BCUT2D eigenvalue weighted by molar-refractivity contribution is 6.33. The van der Waals surface area contributed by atoms with Crippen LogP contribution in [0.5, 0.6) is 0 Å². The first-order valence-corrected chi connectivity index (χ1v) is 6.16. The van der Waals surface area contributed by atoms with Crippen molar-refractivity contribution in [2.45, 2.75) is 6.92 Å². The number of hydrogen-bond acceptors (Lipinski definition) is 5. The third kappa shape index (κ3) is 4.10. The average Bonchev–Trinajstić information content (AvgIpc) is 2.82. The van der Waals surface area contributed by atoms with Gasteiger partial charge in [0.15, 0.2) is 12.4 Å². The Morgan fingerprint density at radius 3 is 3.05 bits per heavy atom. The van der Waals surface area contributed by atoms with Gasteiger partial charge >= 0.3 is 0 Å². The molecule has 20 heavy (non-hydrogen) atoms. The molecule has 1 amide bonds. The molecule has 1 aromatic carbocycles. The summed E-state index contributed by atoms with van der Waals surface area (Å²) in [5.74, 6) is 0.568. The van der Waals surface area contributed by atoms with E-state index in [-0.39, 0.29) is 12.5 Å². The largest absolute Gasteiger partial charge is 0.386 e. The molecule has 0 aliphatic carbocycles. The lowest BCUT2D eigenvalue weighted by molar-refractivity contribution is -0.120. The molecule has 0 fully saturated rings. The van der Waals surface area contributed by atoms with E-state index in [9.17, 15) is 4.79 Å². The summed E-state index contributed by atoms with van der Waals surface area (Å²) in [5.41, 5.74) is 0.710. The maximum Gasteiger partial charge on any atom is 0.266 e. The molecule has 0 aliphatic heterocycles. The van der Waals surface area contributed by atoms with Gasteiger partial charge in [-0.15, -0.1) is 0 Å². The van der Waals surface area contributed by atoms with Gasteiger partial charge in [-0.1, -0.05) is 40.1 Å². The zero-order chi connectivity index (χ0) is 14.4. The summed E-state index contributed by atoms with van der Waals surface area (Å²) in [6.45, 7) is 1.50. The van der Waals surface area contributed by atoms with Crippen LogP contribution in [-0.4, -0.2) is 23.9 Å². The van der Waals surface area contributed by atoms with E-state index in [1.54, 1.807) is 25.1 Å². The molecule has 0 unspecified atom stereocenters. The van der Waals surface area contributed by atoms with E-state index in [1.807, 2.05) is 12.1 Å². The predicted molar refractivity (Wildman–Crippen MR) is 74.9 cm³/mol. The van der Waals surface area contributed by atoms with Crippen LogP contribution in [-0.2, 0) is 9.63 Å². The molecule has 0 bridgehead atoms. The summed E-state index contributed by atoms with van der Waals surface area (Å²) in [6, 6.07) is 8.77. The van der Waals surface area contributed by atoms with Gasteiger partial charge in [0.1, 0.15) is 5.76 Å². The van der Waals surface area contributed by atoms with Crippen molar-refractivity contribution in [1.82, 2.24) is 5.16 Å². The van der Waals surface area contributed by atoms with Gasteiger partial charge in [-0.05, 0) is 13.0 Å². The number of hydrogen-bond donors (Lipinski definition) is 1. The number of nitrogens with zero attached hydrogens (tertiary/aromatic N) is 2. The van der Waals surface area contributed by atoms with Crippen LogP contribution in [0.1, 0.15) is 11.3 Å². The van der Waals surface area contributed by atoms with E-state index >= 15 is 0 Å². The maximum absolute atomic E-state index is 11.5. The zero-order valence-electron chi connectivity index (χ0n) is 10.7. The highest BCUT2D eigenvalue weighted by Crippen LogP contribution is 2.12. The Labute approximate surface area is 120 Å². The number of benzene rings is 1. The fourth-order valence-electron chi connectivity index (χ4n) is 1.37. The smallest absolute Gasteiger partial charge is 0.266 e. The van der Waals surface area contributed by atoms with Crippen molar-refractivity contribution in [2.75, 3.05) is 11.9 Å². The molecule has 0 aliphatic rings. The van der Waals surface area contributed by atoms with E-state index in [0.29, 0.717) is 22.2 Å². The normalized spacial score (nSPS) is 10.7. The molecular formula is C13H12ClN3O3. The van der Waals surface area contributed by atoms with Crippen LogP contribution >= 0.6 is 11.6 Å². The van der Waals surface area contributed by atoms with Gasteiger partial charge < -0.3 is 14.7 Å². The Morgan fingerprint density at radius 2 is 2.35 bits per heavy atom. The third-order valence-corrected chi connectivity index (χ3v) is 2.61. The quantitative estimate of drug-likeness (QED) is 0.679. The SMILES string of the molecule is Cc1cc(NC(=O)CO/N=C\c2ccccc2Cl)no1. The van der Waals surface area contributed by atoms with Gasteiger partial charge in [-0.3, -0.25) is 4.79 Å². The second kappa shape index (κ2) is 6.72. The molecular weight excluding hydrogens is 282 g/mol. The van der Waals surface area contributed by atoms with Crippen molar-refractivity contribution in [3.63, 3.8) is 0 Å². The van der Waals surface area contributed by atoms with Gasteiger partial charge in [0.25, 0.3) is 5.91 Å². The molecule has 0 radical (unpaired) electrons. The molecule has 1 heterocycles. The highest BCUT2D eigenvalue weighted by Gasteiger charge is 2.06. The van der Waals surface area contributed by atoms with Gasteiger partial charge in [-0.2, -0.15) is 0 Å². The second-order valence-electron chi connectivity index (χ2n) is 3.90.